The Bertz CT molecular complexity index is 456. The molecule has 0 amide bonds. The fourth-order valence-electron chi connectivity index (χ4n) is 4.17. The Morgan fingerprint density at radius 2 is 0.933 bits per heavy atom. The van der Waals surface area contributed by atoms with Gasteiger partial charge in [-0.05, 0) is 43.6 Å². The molecule has 0 radical (unpaired) electrons. The van der Waals surface area contributed by atoms with Crippen LogP contribution in [-0.4, -0.2) is 18.2 Å². The van der Waals surface area contributed by atoms with Crippen molar-refractivity contribution >= 4 is 0 Å². The van der Waals surface area contributed by atoms with Gasteiger partial charge in [-0.2, -0.15) is 0 Å². The van der Waals surface area contributed by atoms with Gasteiger partial charge in [-0.15, -0.1) is 0 Å². The first kappa shape index (κ1) is 27.0. The number of nitrogens with one attached hydrogen (secondary N) is 1. The van der Waals surface area contributed by atoms with Gasteiger partial charge in [0, 0.05) is 0 Å². The van der Waals surface area contributed by atoms with Crippen molar-refractivity contribution in [2.45, 2.75) is 129 Å². The normalized spacial score (nSPS) is 11.2. The van der Waals surface area contributed by atoms with Crippen LogP contribution in [0.4, 0.5) is 0 Å². The van der Waals surface area contributed by atoms with Crippen LogP contribution in [0.25, 0.3) is 0 Å². The molecule has 1 rings (SSSR count). The van der Waals surface area contributed by atoms with E-state index in [0.29, 0.717) is 5.75 Å². The topological polar surface area (TPSA) is 32.3 Å². The minimum atomic E-state index is 0.352. The summed E-state index contributed by atoms with van der Waals surface area (Å²) >= 11 is 0. The monoisotopic (exact) mass is 417 g/mol. The third kappa shape index (κ3) is 17.8. The van der Waals surface area contributed by atoms with Crippen molar-refractivity contribution in [1.29, 1.82) is 0 Å². The van der Waals surface area contributed by atoms with Gasteiger partial charge >= 0.3 is 0 Å². The summed E-state index contributed by atoms with van der Waals surface area (Å²) in [6, 6.07) is 7.56. The molecule has 0 saturated carbocycles. The maximum absolute atomic E-state index is 9.29. The molecule has 0 saturated heterocycles. The van der Waals surface area contributed by atoms with Crippen LogP contribution in [-0.2, 0) is 6.42 Å². The van der Waals surface area contributed by atoms with Crippen LogP contribution in [0.3, 0.4) is 0 Å². The molecule has 0 bridgehead atoms. The second-order valence-corrected chi connectivity index (χ2v) is 9.18. The first-order valence-corrected chi connectivity index (χ1v) is 13.3. The van der Waals surface area contributed by atoms with E-state index in [9.17, 15) is 5.11 Å². The van der Waals surface area contributed by atoms with Gasteiger partial charge in [0.05, 0.1) is 0 Å². The molecule has 0 atom stereocenters. The fourth-order valence-corrected chi connectivity index (χ4v) is 4.17. The van der Waals surface area contributed by atoms with Gasteiger partial charge in [0.15, 0.2) is 0 Å². The number of unbranched alkanes of at least 4 members (excludes halogenated alkanes) is 17. The third-order valence-corrected chi connectivity index (χ3v) is 6.23. The Morgan fingerprint density at radius 3 is 1.37 bits per heavy atom. The molecule has 0 aromatic heterocycles. The number of phenols is 1. The Hall–Kier alpha value is -1.02. The van der Waals surface area contributed by atoms with Crippen molar-refractivity contribution in [3.8, 4) is 5.75 Å². The van der Waals surface area contributed by atoms with Crippen molar-refractivity contribution < 1.29 is 5.11 Å². The molecule has 1 aromatic rings. The Kier molecular flexibility index (Phi) is 19.1. The summed E-state index contributed by atoms with van der Waals surface area (Å²) in [5.74, 6) is 0.352. The predicted octanol–water partition coefficient (Wildman–Crippen LogP) is 8.57. The molecular weight excluding hydrogens is 366 g/mol. The van der Waals surface area contributed by atoms with Crippen molar-refractivity contribution in [3.05, 3.63) is 29.8 Å². The summed E-state index contributed by atoms with van der Waals surface area (Å²) in [5, 5.41) is 12.8. The molecular formula is C28H51NO. The number of rotatable bonds is 22. The zero-order valence-electron chi connectivity index (χ0n) is 20.1. The van der Waals surface area contributed by atoms with Crippen LogP contribution >= 0.6 is 0 Å². The van der Waals surface area contributed by atoms with Crippen LogP contribution in [0, 0.1) is 0 Å². The number of aromatic hydroxyl groups is 1. The molecule has 2 N–H and O–H groups in total. The summed E-state index contributed by atoms with van der Waals surface area (Å²) in [4.78, 5) is 0. The Morgan fingerprint density at radius 1 is 0.533 bits per heavy atom. The fraction of sp³-hybridized carbons (Fsp3) is 0.786. The lowest BCUT2D eigenvalue weighted by molar-refractivity contribution is 0.475. The quantitative estimate of drug-likeness (QED) is 0.185. The molecule has 0 aliphatic carbocycles. The van der Waals surface area contributed by atoms with Gasteiger partial charge in [0.1, 0.15) is 5.75 Å². The van der Waals surface area contributed by atoms with Crippen molar-refractivity contribution in [2.24, 2.45) is 0 Å². The average Bonchev–Trinajstić information content (AvgIpc) is 2.76. The largest absolute Gasteiger partial charge is 0.508 e. The first-order valence-electron chi connectivity index (χ1n) is 13.3. The molecule has 1 aromatic carbocycles. The van der Waals surface area contributed by atoms with Crippen molar-refractivity contribution in [3.63, 3.8) is 0 Å². The van der Waals surface area contributed by atoms with E-state index in [1.165, 1.54) is 121 Å². The molecule has 0 unspecified atom stereocenters. The molecule has 0 aliphatic heterocycles. The van der Waals surface area contributed by atoms with Crippen molar-refractivity contribution in [2.75, 3.05) is 13.1 Å². The van der Waals surface area contributed by atoms with Gasteiger partial charge in [-0.3, -0.25) is 0 Å². The van der Waals surface area contributed by atoms with E-state index in [1.54, 1.807) is 12.1 Å². The molecule has 174 valence electrons. The van der Waals surface area contributed by atoms with Gasteiger partial charge < -0.3 is 10.4 Å². The van der Waals surface area contributed by atoms with Gasteiger partial charge in [0.25, 0.3) is 0 Å². The molecule has 0 heterocycles. The predicted molar refractivity (Wildman–Crippen MR) is 133 cm³/mol. The SMILES string of the molecule is CCCCCCCCCCCCCCCCCCCCNCCc1ccc(O)cc1. The smallest absolute Gasteiger partial charge is 0.115 e. The second-order valence-electron chi connectivity index (χ2n) is 9.18. The maximum Gasteiger partial charge on any atom is 0.115 e. The summed E-state index contributed by atoms with van der Waals surface area (Å²) in [6.07, 6.45) is 26.8. The van der Waals surface area contributed by atoms with E-state index >= 15 is 0 Å². The van der Waals surface area contributed by atoms with E-state index in [0.717, 1.165) is 19.5 Å². The van der Waals surface area contributed by atoms with Crippen LogP contribution in [0.1, 0.15) is 128 Å². The highest BCUT2D eigenvalue weighted by molar-refractivity contribution is 5.25. The molecule has 0 aliphatic rings. The van der Waals surface area contributed by atoms with Crippen LogP contribution in [0.5, 0.6) is 5.75 Å². The molecule has 0 spiro atoms. The van der Waals surface area contributed by atoms with Crippen LogP contribution < -0.4 is 5.32 Å². The highest BCUT2D eigenvalue weighted by Crippen LogP contribution is 2.14. The molecule has 2 nitrogen and oxygen atoms in total. The van der Waals surface area contributed by atoms with Gasteiger partial charge in [-0.1, -0.05) is 128 Å². The van der Waals surface area contributed by atoms with Crippen LogP contribution in [0.2, 0.25) is 0 Å². The summed E-state index contributed by atoms with van der Waals surface area (Å²) in [5.41, 5.74) is 1.29. The highest BCUT2D eigenvalue weighted by Gasteiger charge is 1.96. The Labute approximate surface area is 188 Å². The summed E-state index contributed by atoms with van der Waals surface area (Å²) in [7, 11) is 0. The lowest BCUT2D eigenvalue weighted by Gasteiger charge is -2.06. The highest BCUT2D eigenvalue weighted by atomic mass is 16.3. The van der Waals surface area contributed by atoms with E-state index < -0.39 is 0 Å². The maximum atomic E-state index is 9.29. The summed E-state index contributed by atoms with van der Waals surface area (Å²) in [6.45, 7) is 4.46. The summed E-state index contributed by atoms with van der Waals surface area (Å²) < 4.78 is 0. The van der Waals surface area contributed by atoms with Gasteiger partial charge in [0.2, 0.25) is 0 Å². The van der Waals surface area contributed by atoms with E-state index in [1.807, 2.05) is 12.1 Å². The second kappa shape index (κ2) is 21.2. The van der Waals surface area contributed by atoms with Gasteiger partial charge in [-0.25, -0.2) is 0 Å². The third-order valence-electron chi connectivity index (χ3n) is 6.23. The molecule has 2 heteroatoms. The standard InChI is InChI=1S/C28H51NO/c1-2-3-4-5-6-7-8-9-10-11-12-13-14-15-16-17-18-19-25-29-26-24-27-20-22-28(30)23-21-27/h20-23,29-30H,2-19,24-26H2,1H3. The van der Waals surface area contributed by atoms with E-state index in [2.05, 4.69) is 12.2 Å². The minimum Gasteiger partial charge on any atom is -0.508 e. The van der Waals surface area contributed by atoms with E-state index in [-0.39, 0.29) is 0 Å². The number of benzene rings is 1. The first-order chi connectivity index (χ1) is 14.8. The molecule has 0 fully saturated rings. The number of hydrogen-bond acceptors (Lipinski definition) is 2. The molecule has 30 heavy (non-hydrogen) atoms. The Balaban J connectivity index is 1.68. The van der Waals surface area contributed by atoms with Crippen LogP contribution in [0.15, 0.2) is 24.3 Å². The van der Waals surface area contributed by atoms with Crippen molar-refractivity contribution in [1.82, 2.24) is 5.32 Å². The number of hydrogen-bond donors (Lipinski definition) is 2. The number of phenolic OH excluding ortho intramolecular Hbond substituents is 1. The lowest BCUT2D eigenvalue weighted by Crippen LogP contribution is -2.18. The lowest BCUT2D eigenvalue weighted by atomic mass is 10.0. The minimum absolute atomic E-state index is 0.352. The average molecular weight is 418 g/mol. The zero-order valence-corrected chi connectivity index (χ0v) is 20.1. The zero-order chi connectivity index (χ0) is 21.5. The van der Waals surface area contributed by atoms with E-state index in [4.69, 9.17) is 0 Å².